The average Bonchev–Trinajstić information content (AvgIpc) is 3.45. The number of fused-ring (bicyclic) bond motifs is 1. The zero-order valence-electron chi connectivity index (χ0n) is 18.7. The fraction of sp³-hybridized carbons (Fsp3) is 0.143. The number of nitrogens with zero attached hydrogens (tertiary/aromatic N) is 1. The number of nitrogens with one attached hydrogen (secondary N) is 2. The predicted molar refractivity (Wildman–Crippen MR) is 135 cm³/mol. The average molecular weight is 470 g/mol. The van der Waals surface area contributed by atoms with Gasteiger partial charge in [-0.3, -0.25) is 4.79 Å². The SMILES string of the molecule is Cc1oc(-c2ccccc2)nc1CC(=O)NCC(c1ccccc1Cl)c1c[nH]c2ccccc12. The first-order chi connectivity index (χ1) is 16.6. The second-order valence-electron chi connectivity index (χ2n) is 8.23. The van der Waals surface area contributed by atoms with Crippen molar-refractivity contribution >= 4 is 28.4 Å². The summed E-state index contributed by atoms with van der Waals surface area (Å²) < 4.78 is 5.81. The van der Waals surface area contributed by atoms with Crippen LogP contribution in [0.1, 0.15) is 28.5 Å². The third-order valence-electron chi connectivity index (χ3n) is 6.02. The lowest BCUT2D eigenvalue weighted by atomic mass is 9.90. The van der Waals surface area contributed by atoms with E-state index in [-0.39, 0.29) is 18.2 Å². The van der Waals surface area contributed by atoms with Crippen molar-refractivity contribution in [2.24, 2.45) is 0 Å². The summed E-state index contributed by atoms with van der Waals surface area (Å²) in [6.07, 6.45) is 2.14. The van der Waals surface area contributed by atoms with Gasteiger partial charge in [-0.15, -0.1) is 0 Å². The smallest absolute Gasteiger partial charge is 0.226 e. The van der Waals surface area contributed by atoms with Gasteiger partial charge in [-0.2, -0.15) is 0 Å². The summed E-state index contributed by atoms with van der Waals surface area (Å²) in [5, 5.41) is 4.88. The predicted octanol–water partition coefficient (Wildman–Crippen LogP) is 6.28. The lowest BCUT2D eigenvalue weighted by Crippen LogP contribution is -2.30. The molecule has 0 spiro atoms. The molecule has 5 rings (SSSR count). The molecule has 5 aromatic rings. The molecule has 1 atom stereocenters. The summed E-state index contributed by atoms with van der Waals surface area (Å²) >= 11 is 6.57. The molecule has 0 aliphatic rings. The molecule has 0 aliphatic carbocycles. The van der Waals surface area contributed by atoms with Gasteiger partial charge in [0, 0.05) is 40.1 Å². The van der Waals surface area contributed by atoms with Gasteiger partial charge in [0.2, 0.25) is 11.8 Å². The zero-order chi connectivity index (χ0) is 23.5. The summed E-state index contributed by atoms with van der Waals surface area (Å²) in [7, 11) is 0. The summed E-state index contributed by atoms with van der Waals surface area (Å²) in [5.41, 5.74) is 4.63. The lowest BCUT2D eigenvalue weighted by Gasteiger charge is -2.19. The Balaban J connectivity index is 1.36. The van der Waals surface area contributed by atoms with Crippen LogP contribution in [-0.4, -0.2) is 22.4 Å². The molecule has 2 N–H and O–H groups in total. The number of amides is 1. The minimum absolute atomic E-state index is 0.105. The molecule has 170 valence electrons. The first-order valence-corrected chi connectivity index (χ1v) is 11.6. The number of rotatable bonds is 7. The van der Waals surface area contributed by atoms with E-state index in [1.807, 2.05) is 85.9 Å². The highest BCUT2D eigenvalue weighted by Gasteiger charge is 2.22. The second-order valence-corrected chi connectivity index (χ2v) is 8.64. The van der Waals surface area contributed by atoms with E-state index in [0.29, 0.717) is 28.9 Å². The molecule has 0 bridgehead atoms. The monoisotopic (exact) mass is 469 g/mol. The first-order valence-electron chi connectivity index (χ1n) is 11.2. The first kappa shape index (κ1) is 22.0. The maximum atomic E-state index is 12.9. The summed E-state index contributed by atoms with van der Waals surface area (Å²) in [5.74, 6) is 0.946. The molecular formula is C28H24ClN3O2. The second kappa shape index (κ2) is 9.57. The molecule has 0 aliphatic heterocycles. The molecule has 6 heteroatoms. The molecule has 2 aromatic heterocycles. The van der Waals surface area contributed by atoms with Crippen LogP contribution in [0.2, 0.25) is 5.02 Å². The number of hydrogen-bond acceptors (Lipinski definition) is 3. The largest absolute Gasteiger partial charge is 0.441 e. The molecule has 0 saturated carbocycles. The number of para-hydroxylation sites is 1. The van der Waals surface area contributed by atoms with Gasteiger partial charge in [0.05, 0.1) is 12.1 Å². The van der Waals surface area contributed by atoms with Crippen molar-refractivity contribution in [3.63, 3.8) is 0 Å². The van der Waals surface area contributed by atoms with Gasteiger partial charge in [-0.1, -0.05) is 66.2 Å². The fourth-order valence-electron chi connectivity index (χ4n) is 4.25. The Morgan fingerprint density at radius 1 is 1.00 bits per heavy atom. The Morgan fingerprint density at radius 3 is 2.56 bits per heavy atom. The molecule has 5 nitrogen and oxygen atoms in total. The number of H-pyrrole nitrogens is 1. The highest BCUT2D eigenvalue weighted by molar-refractivity contribution is 6.31. The van der Waals surface area contributed by atoms with Crippen LogP contribution in [0.25, 0.3) is 22.4 Å². The highest BCUT2D eigenvalue weighted by atomic mass is 35.5. The van der Waals surface area contributed by atoms with Crippen LogP contribution in [0.15, 0.2) is 89.5 Å². The number of carbonyl (C=O) groups is 1. The molecule has 1 amide bonds. The minimum Gasteiger partial charge on any atom is -0.441 e. The Kier molecular flexibility index (Phi) is 6.19. The number of aryl methyl sites for hydroxylation is 1. The van der Waals surface area contributed by atoms with Crippen LogP contribution in [0.4, 0.5) is 0 Å². The Morgan fingerprint density at radius 2 is 1.74 bits per heavy atom. The van der Waals surface area contributed by atoms with E-state index >= 15 is 0 Å². The Bertz CT molecular complexity index is 1440. The summed E-state index contributed by atoms with van der Waals surface area (Å²) in [6.45, 7) is 2.24. The van der Waals surface area contributed by atoms with E-state index < -0.39 is 0 Å². The van der Waals surface area contributed by atoms with E-state index in [2.05, 4.69) is 21.4 Å². The summed E-state index contributed by atoms with van der Waals surface area (Å²) in [4.78, 5) is 20.8. The van der Waals surface area contributed by atoms with Gasteiger partial charge in [0.25, 0.3) is 0 Å². The van der Waals surface area contributed by atoms with Crippen molar-refractivity contribution in [2.75, 3.05) is 6.54 Å². The van der Waals surface area contributed by atoms with Crippen LogP contribution in [0.5, 0.6) is 0 Å². The molecule has 1 unspecified atom stereocenters. The molecule has 2 heterocycles. The number of aromatic amines is 1. The Hall–Kier alpha value is -3.83. The van der Waals surface area contributed by atoms with Crippen molar-refractivity contribution < 1.29 is 9.21 Å². The Labute approximate surface area is 202 Å². The molecule has 0 radical (unpaired) electrons. The van der Waals surface area contributed by atoms with Crippen LogP contribution in [-0.2, 0) is 11.2 Å². The van der Waals surface area contributed by atoms with Crippen LogP contribution >= 0.6 is 11.6 Å². The number of carbonyl (C=O) groups excluding carboxylic acids is 1. The third kappa shape index (κ3) is 4.47. The lowest BCUT2D eigenvalue weighted by molar-refractivity contribution is -0.120. The van der Waals surface area contributed by atoms with Gasteiger partial charge >= 0.3 is 0 Å². The topological polar surface area (TPSA) is 70.9 Å². The molecule has 0 saturated heterocycles. The van der Waals surface area contributed by atoms with Crippen molar-refractivity contribution in [2.45, 2.75) is 19.3 Å². The van der Waals surface area contributed by atoms with E-state index in [4.69, 9.17) is 16.0 Å². The maximum absolute atomic E-state index is 12.9. The normalized spacial score (nSPS) is 12.1. The van der Waals surface area contributed by atoms with Crippen LogP contribution in [0.3, 0.4) is 0 Å². The number of benzene rings is 3. The summed E-state index contributed by atoms with van der Waals surface area (Å²) in [6, 6.07) is 25.6. The highest BCUT2D eigenvalue weighted by Crippen LogP contribution is 2.34. The van der Waals surface area contributed by atoms with Gasteiger partial charge in [0.15, 0.2) is 0 Å². The zero-order valence-corrected chi connectivity index (χ0v) is 19.5. The minimum atomic E-state index is -0.118. The van der Waals surface area contributed by atoms with Crippen LogP contribution in [0, 0.1) is 6.92 Å². The van der Waals surface area contributed by atoms with Gasteiger partial charge < -0.3 is 14.7 Å². The molecule has 3 aromatic carbocycles. The fourth-order valence-corrected chi connectivity index (χ4v) is 4.52. The van der Waals surface area contributed by atoms with E-state index in [0.717, 1.165) is 27.6 Å². The van der Waals surface area contributed by atoms with Crippen molar-refractivity contribution in [3.05, 3.63) is 113 Å². The van der Waals surface area contributed by atoms with Crippen LogP contribution < -0.4 is 5.32 Å². The van der Waals surface area contributed by atoms with Gasteiger partial charge in [-0.05, 0) is 42.3 Å². The molecule has 0 fully saturated rings. The standard InChI is InChI=1S/C28H24ClN3O2/c1-18-26(32-28(34-18)19-9-3-2-4-10-19)15-27(33)31-17-22(20-11-5-7-13-24(20)29)23-16-30-25-14-8-6-12-21(23)25/h2-14,16,22,30H,15,17H2,1H3,(H,31,33). The maximum Gasteiger partial charge on any atom is 0.226 e. The third-order valence-corrected chi connectivity index (χ3v) is 6.37. The van der Waals surface area contributed by atoms with Gasteiger partial charge in [-0.25, -0.2) is 4.98 Å². The van der Waals surface area contributed by atoms with E-state index in [9.17, 15) is 4.79 Å². The van der Waals surface area contributed by atoms with E-state index in [1.165, 1.54) is 0 Å². The van der Waals surface area contributed by atoms with E-state index in [1.54, 1.807) is 0 Å². The quantitative estimate of drug-likeness (QED) is 0.295. The number of aromatic nitrogens is 2. The van der Waals surface area contributed by atoms with Crippen molar-refractivity contribution in [3.8, 4) is 11.5 Å². The van der Waals surface area contributed by atoms with Crippen molar-refractivity contribution in [1.29, 1.82) is 0 Å². The van der Waals surface area contributed by atoms with Gasteiger partial charge in [0.1, 0.15) is 5.76 Å². The number of hydrogen-bond donors (Lipinski definition) is 2. The number of halogens is 1. The number of oxazole rings is 1. The van der Waals surface area contributed by atoms with Crippen molar-refractivity contribution in [1.82, 2.24) is 15.3 Å². The molecule has 34 heavy (non-hydrogen) atoms. The molecular weight excluding hydrogens is 446 g/mol.